The van der Waals surface area contributed by atoms with Crippen LogP contribution < -0.4 is 5.32 Å². The molecule has 0 radical (unpaired) electrons. The summed E-state index contributed by atoms with van der Waals surface area (Å²) in [5.74, 6) is 0.752. The lowest BCUT2D eigenvalue weighted by atomic mass is 9.72. The zero-order valence-corrected chi connectivity index (χ0v) is 13.8. The van der Waals surface area contributed by atoms with Crippen molar-refractivity contribution in [2.24, 2.45) is 11.8 Å². The van der Waals surface area contributed by atoms with Crippen molar-refractivity contribution in [1.82, 2.24) is 5.32 Å². The van der Waals surface area contributed by atoms with E-state index < -0.39 is 11.2 Å². The van der Waals surface area contributed by atoms with E-state index in [0.29, 0.717) is 5.92 Å². The van der Waals surface area contributed by atoms with Crippen molar-refractivity contribution in [3.05, 3.63) is 0 Å². The predicted octanol–water partition coefficient (Wildman–Crippen LogP) is 3.48. The van der Waals surface area contributed by atoms with Crippen molar-refractivity contribution in [1.29, 1.82) is 0 Å². The third-order valence-corrected chi connectivity index (χ3v) is 3.80. The monoisotopic (exact) mass is 285 g/mol. The molecule has 0 aromatic carbocycles. The molecule has 3 atom stereocenters. The first kappa shape index (κ1) is 17.3. The average molecular weight is 285 g/mol. The van der Waals surface area contributed by atoms with E-state index in [9.17, 15) is 9.90 Å². The summed E-state index contributed by atoms with van der Waals surface area (Å²) in [5.41, 5.74) is -1.04. The summed E-state index contributed by atoms with van der Waals surface area (Å²) in [6, 6.07) is 0.0947. The number of nitrogens with one attached hydrogen (secondary N) is 1. The van der Waals surface area contributed by atoms with Gasteiger partial charge in [0.15, 0.2) is 0 Å². The molecule has 1 aliphatic rings. The Bertz CT molecular complexity index is 335. The van der Waals surface area contributed by atoms with E-state index in [0.717, 1.165) is 25.7 Å². The predicted molar refractivity (Wildman–Crippen MR) is 80.6 cm³/mol. The standard InChI is InChI=1S/C16H31NO3/c1-11(2)9-16(19)8-7-13(12(3)10-16)17-14(18)20-15(4,5)6/h11-13,19H,7-10H2,1-6H3,(H,17,18)/t12-,13-,16?/m1/s1. The van der Waals surface area contributed by atoms with Gasteiger partial charge < -0.3 is 15.2 Å². The molecule has 4 nitrogen and oxygen atoms in total. The van der Waals surface area contributed by atoms with Gasteiger partial charge in [0.1, 0.15) is 5.60 Å². The Morgan fingerprint density at radius 3 is 2.50 bits per heavy atom. The Hall–Kier alpha value is -0.770. The van der Waals surface area contributed by atoms with Crippen LogP contribution in [0.2, 0.25) is 0 Å². The van der Waals surface area contributed by atoms with E-state index in [4.69, 9.17) is 4.74 Å². The summed E-state index contributed by atoms with van der Waals surface area (Å²) in [6.07, 6.45) is 2.77. The summed E-state index contributed by atoms with van der Waals surface area (Å²) >= 11 is 0. The summed E-state index contributed by atoms with van der Waals surface area (Å²) in [5, 5.41) is 13.6. The van der Waals surface area contributed by atoms with Crippen molar-refractivity contribution in [2.45, 2.75) is 84.5 Å². The van der Waals surface area contributed by atoms with Crippen molar-refractivity contribution in [3.8, 4) is 0 Å². The molecule has 1 amide bonds. The fourth-order valence-corrected chi connectivity index (χ4v) is 3.17. The first-order valence-corrected chi connectivity index (χ1v) is 7.73. The number of rotatable bonds is 3. The van der Waals surface area contributed by atoms with Crippen molar-refractivity contribution >= 4 is 6.09 Å². The van der Waals surface area contributed by atoms with E-state index in [-0.39, 0.29) is 18.1 Å². The molecule has 0 saturated heterocycles. The van der Waals surface area contributed by atoms with Crippen LogP contribution in [-0.4, -0.2) is 28.4 Å². The number of hydrogen-bond donors (Lipinski definition) is 2. The van der Waals surface area contributed by atoms with Gasteiger partial charge in [0.05, 0.1) is 5.60 Å². The normalized spacial score (nSPS) is 31.2. The number of alkyl carbamates (subject to hydrolysis) is 1. The SMILES string of the molecule is CC(C)CC1(O)CC[C@@H](NC(=O)OC(C)(C)C)[C@H](C)C1. The second-order valence-corrected chi connectivity index (χ2v) is 7.80. The number of ether oxygens (including phenoxy) is 1. The van der Waals surface area contributed by atoms with Gasteiger partial charge in [-0.1, -0.05) is 20.8 Å². The highest BCUT2D eigenvalue weighted by molar-refractivity contribution is 5.68. The molecule has 20 heavy (non-hydrogen) atoms. The topological polar surface area (TPSA) is 58.6 Å². The Morgan fingerprint density at radius 2 is 2.05 bits per heavy atom. The van der Waals surface area contributed by atoms with Crippen LogP contribution in [0.25, 0.3) is 0 Å². The molecule has 1 aliphatic carbocycles. The number of hydrogen-bond acceptors (Lipinski definition) is 3. The van der Waals surface area contributed by atoms with Gasteiger partial charge in [-0.05, 0) is 58.3 Å². The van der Waals surface area contributed by atoms with Gasteiger partial charge in [-0.3, -0.25) is 0 Å². The minimum Gasteiger partial charge on any atom is -0.444 e. The van der Waals surface area contributed by atoms with Gasteiger partial charge >= 0.3 is 6.09 Å². The number of aliphatic hydroxyl groups is 1. The summed E-state index contributed by atoms with van der Waals surface area (Å²) in [6.45, 7) is 11.9. The average Bonchev–Trinajstić information content (AvgIpc) is 2.18. The molecule has 0 heterocycles. The minimum absolute atomic E-state index is 0.0947. The third kappa shape index (κ3) is 5.70. The first-order chi connectivity index (χ1) is 9.01. The highest BCUT2D eigenvalue weighted by Gasteiger charge is 2.38. The maximum atomic E-state index is 11.8. The van der Waals surface area contributed by atoms with Gasteiger partial charge in [0.2, 0.25) is 0 Å². The first-order valence-electron chi connectivity index (χ1n) is 7.73. The van der Waals surface area contributed by atoms with Crippen LogP contribution in [0.1, 0.15) is 67.2 Å². The van der Waals surface area contributed by atoms with Crippen LogP contribution in [0, 0.1) is 11.8 Å². The van der Waals surface area contributed by atoms with Crippen LogP contribution in [-0.2, 0) is 4.74 Å². The largest absolute Gasteiger partial charge is 0.444 e. The molecule has 0 spiro atoms. The molecular formula is C16H31NO3. The minimum atomic E-state index is -0.570. The lowest BCUT2D eigenvalue weighted by molar-refractivity contribution is -0.0399. The molecule has 1 unspecified atom stereocenters. The zero-order chi connectivity index (χ0) is 15.6. The van der Waals surface area contributed by atoms with Crippen molar-refractivity contribution in [3.63, 3.8) is 0 Å². The summed E-state index contributed by atoms with van der Waals surface area (Å²) in [4.78, 5) is 11.8. The molecule has 4 heteroatoms. The highest BCUT2D eigenvalue weighted by Crippen LogP contribution is 2.36. The molecule has 2 N–H and O–H groups in total. The Kier molecular flexibility index (Phi) is 5.47. The van der Waals surface area contributed by atoms with E-state index in [2.05, 4.69) is 26.1 Å². The third-order valence-electron chi connectivity index (χ3n) is 3.80. The molecule has 1 fully saturated rings. The van der Waals surface area contributed by atoms with Crippen molar-refractivity contribution < 1.29 is 14.6 Å². The zero-order valence-electron chi connectivity index (χ0n) is 13.8. The maximum Gasteiger partial charge on any atom is 0.407 e. The Balaban J connectivity index is 2.51. The Labute approximate surface area is 123 Å². The fourth-order valence-electron chi connectivity index (χ4n) is 3.17. The van der Waals surface area contributed by atoms with E-state index in [1.165, 1.54) is 0 Å². The van der Waals surface area contributed by atoms with Crippen LogP contribution in [0.4, 0.5) is 4.79 Å². The van der Waals surface area contributed by atoms with E-state index in [1.807, 2.05) is 20.8 Å². The molecule has 0 bridgehead atoms. The molecule has 0 aromatic heterocycles. The molecule has 1 rings (SSSR count). The van der Waals surface area contributed by atoms with Gasteiger partial charge in [0, 0.05) is 6.04 Å². The molecule has 0 aliphatic heterocycles. The van der Waals surface area contributed by atoms with Gasteiger partial charge in [0.25, 0.3) is 0 Å². The molecular weight excluding hydrogens is 254 g/mol. The molecule has 118 valence electrons. The van der Waals surface area contributed by atoms with Crippen LogP contribution in [0.5, 0.6) is 0 Å². The highest BCUT2D eigenvalue weighted by atomic mass is 16.6. The quantitative estimate of drug-likeness (QED) is 0.834. The lowest BCUT2D eigenvalue weighted by Gasteiger charge is -2.41. The second-order valence-electron chi connectivity index (χ2n) is 7.80. The molecule has 1 saturated carbocycles. The smallest absolute Gasteiger partial charge is 0.407 e. The second kappa shape index (κ2) is 6.33. The lowest BCUT2D eigenvalue weighted by Crippen LogP contribution is -2.49. The summed E-state index contributed by atoms with van der Waals surface area (Å²) in [7, 11) is 0. The Morgan fingerprint density at radius 1 is 1.45 bits per heavy atom. The van der Waals surface area contributed by atoms with Crippen LogP contribution >= 0.6 is 0 Å². The van der Waals surface area contributed by atoms with Gasteiger partial charge in [-0.15, -0.1) is 0 Å². The number of carbonyl (C=O) groups is 1. The van der Waals surface area contributed by atoms with E-state index >= 15 is 0 Å². The van der Waals surface area contributed by atoms with E-state index in [1.54, 1.807) is 0 Å². The fraction of sp³-hybridized carbons (Fsp3) is 0.938. The van der Waals surface area contributed by atoms with Crippen LogP contribution in [0.3, 0.4) is 0 Å². The van der Waals surface area contributed by atoms with Crippen LogP contribution in [0.15, 0.2) is 0 Å². The number of carbonyl (C=O) groups excluding carboxylic acids is 1. The molecule has 0 aromatic rings. The number of amides is 1. The maximum absolute atomic E-state index is 11.8. The van der Waals surface area contributed by atoms with Gasteiger partial charge in [-0.2, -0.15) is 0 Å². The summed E-state index contributed by atoms with van der Waals surface area (Å²) < 4.78 is 5.29. The van der Waals surface area contributed by atoms with Gasteiger partial charge in [-0.25, -0.2) is 4.79 Å². The van der Waals surface area contributed by atoms with Crippen molar-refractivity contribution in [2.75, 3.05) is 0 Å².